The summed E-state index contributed by atoms with van der Waals surface area (Å²) in [6, 6.07) is 9.84. The topological polar surface area (TPSA) is 61.8 Å². The van der Waals surface area contributed by atoms with Crippen LogP contribution in [0.2, 0.25) is 0 Å². The monoisotopic (exact) mass is 318 g/mol. The standard InChI is InChI=1S/C18H26N2O3/c1-2-15(16-6-4-3-5-7-16)12-18(22)19-13-17(21)14-20-8-10-23-11-9-20/h2-7,15,17,21H,1,8-14H2,(H,19,22). The molecule has 23 heavy (non-hydrogen) atoms. The maximum atomic E-state index is 12.1. The van der Waals surface area contributed by atoms with Crippen LogP contribution in [0.25, 0.3) is 0 Å². The number of nitrogens with zero attached hydrogens (tertiary/aromatic N) is 1. The molecule has 1 heterocycles. The van der Waals surface area contributed by atoms with Gasteiger partial charge in [0.25, 0.3) is 0 Å². The van der Waals surface area contributed by atoms with Crippen LogP contribution >= 0.6 is 0 Å². The van der Waals surface area contributed by atoms with E-state index in [2.05, 4.69) is 16.8 Å². The molecule has 0 bridgehead atoms. The number of benzene rings is 1. The highest BCUT2D eigenvalue weighted by Gasteiger charge is 2.17. The van der Waals surface area contributed by atoms with Crippen LogP contribution in [0.4, 0.5) is 0 Å². The lowest BCUT2D eigenvalue weighted by Crippen LogP contribution is -2.44. The first-order chi connectivity index (χ1) is 11.2. The van der Waals surface area contributed by atoms with E-state index >= 15 is 0 Å². The Kier molecular flexibility index (Phi) is 7.26. The summed E-state index contributed by atoms with van der Waals surface area (Å²) >= 11 is 0. The van der Waals surface area contributed by atoms with Gasteiger partial charge in [-0.3, -0.25) is 9.69 Å². The SMILES string of the molecule is C=CC(CC(=O)NCC(O)CN1CCOCC1)c1ccccc1. The van der Waals surface area contributed by atoms with Crippen LogP contribution in [0.1, 0.15) is 17.9 Å². The molecule has 1 amide bonds. The lowest BCUT2D eigenvalue weighted by molar-refractivity contribution is -0.121. The Morgan fingerprint density at radius 3 is 2.70 bits per heavy atom. The maximum Gasteiger partial charge on any atom is 0.221 e. The van der Waals surface area contributed by atoms with Gasteiger partial charge < -0.3 is 15.2 Å². The quantitative estimate of drug-likeness (QED) is 0.706. The molecule has 2 rings (SSSR count). The Morgan fingerprint density at radius 1 is 1.35 bits per heavy atom. The summed E-state index contributed by atoms with van der Waals surface area (Å²) in [6.45, 7) is 7.72. The van der Waals surface area contributed by atoms with Crippen LogP contribution in [0.15, 0.2) is 43.0 Å². The number of aliphatic hydroxyl groups is 1. The van der Waals surface area contributed by atoms with Crippen molar-refractivity contribution in [3.63, 3.8) is 0 Å². The summed E-state index contributed by atoms with van der Waals surface area (Å²) in [5.41, 5.74) is 1.08. The summed E-state index contributed by atoms with van der Waals surface area (Å²) in [5, 5.41) is 12.9. The normalized spacial score (nSPS) is 18.1. The minimum atomic E-state index is -0.559. The number of hydrogen-bond acceptors (Lipinski definition) is 4. The average Bonchev–Trinajstić information content (AvgIpc) is 2.59. The first-order valence-electron chi connectivity index (χ1n) is 8.11. The maximum absolute atomic E-state index is 12.1. The highest BCUT2D eigenvalue weighted by atomic mass is 16.5. The number of nitrogens with one attached hydrogen (secondary N) is 1. The third-order valence-corrected chi connectivity index (χ3v) is 4.03. The molecule has 2 N–H and O–H groups in total. The molecule has 1 aliphatic rings. The predicted octanol–water partition coefficient (Wildman–Crippen LogP) is 1.16. The fourth-order valence-corrected chi connectivity index (χ4v) is 2.69. The van der Waals surface area contributed by atoms with Crippen molar-refractivity contribution in [1.29, 1.82) is 0 Å². The summed E-state index contributed by atoms with van der Waals surface area (Å²) in [7, 11) is 0. The van der Waals surface area contributed by atoms with E-state index in [-0.39, 0.29) is 18.4 Å². The van der Waals surface area contributed by atoms with Gasteiger partial charge in [-0.15, -0.1) is 6.58 Å². The zero-order chi connectivity index (χ0) is 16.5. The number of carbonyl (C=O) groups is 1. The summed E-state index contributed by atoms with van der Waals surface area (Å²) < 4.78 is 5.28. The van der Waals surface area contributed by atoms with E-state index in [0.29, 0.717) is 26.2 Å². The van der Waals surface area contributed by atoms with E-state index in [9.17, 15) is 9.90 Å². The van der Waals surface area contributed by atoms with Gasteiger partial charge in [0.05, 0.1) is 19.3 Å². The number of carbonyl (C=O) groups excluding carboxylic acids is 1. The lowest BCUT2D eigenvalue weighted by atomic mass is 9.95. The Bertz CT molecular complexity index is 486. The summed E-state index contributed by atoms with van der Waals surface area (Å²) in [4.78, 5) is 14.2. The van der Waals surface area contributed by atoms with Gasteiger partial charge in [-0.05, 0) is 5.56 Å². The van der Waals surface area contributed by atoms with Crippen LogP contribution in [-0.2, 0) is 9.53 Å². The van der Waals surface area contributed by atoms with E-state index in [4.69, 9.17) is 4.74 Å². The van der Waals surface area contributed by atoms with E-state index in [1.807, 2.05) is 30.3 Å². The predicted molar refractivity (Wildman–Crippen MR) is 90.3 cm³/mol. The van der Waals surface area contributed by atoms with Gasteiger partial charge in [0.15, 0.2) is 0 Å². The number of amides is 1. The molecule has 0 spiro atoms. The zero-order valence-corrected chi connectivity index (χ0v) is 13.5. The minimum absolute atomic E-state index is 0.00686. The van der Waals surface area contributed by atoms with Gasteiger partial charge in [0.2, 0.25) is 5.91 Å². The van der Waals surface area contributed by atoms with Gasteiger partial charge in [-0.25, -0.2) is 0 Å². The van der Waals surface area contributed by atoms with Crippen molar-refractivity contribution < 1.29 is 14.6 Å². The molecule has 5 heteroatoms. The van der Waals surface area contributed by atoms with E-state index in [1.165, 1.54) is 0 Å². The molecule has 2 atom stereocenters. The fourth-order valence-electron chi connectivity index (χ4n) is 2.69. The third kappa shape index (κ3) is 6.14. The van der Waals surface area contributed by atoms with Crippen molar-refractivity contribution in [2.45, 2.75) is 18.4 Å². The lowest BCUT2D eigenvalue weighted by Gasteiger charge is -2.28. The molecule has 1 aromatic carbocycles. The first kappa shape index (κ1) is 17.7. The molecule has 126 valence electrons. The molecule has 5 nitrogen and oxygen atoms in total. The molecule has 1 saturated heterocycles. The number of hydrogen-bond donors (Lipinski definition) is 2. The van der Waals surface area contributed by atoms with Crippen molar-refractivity contribution in [3.05, 3.63) is 48.6 Å². The van der Waals surface area contributed by atoms with Crippen LogP contribution in [-0.4, -0.2) is 61.4 Å². The number of β-amino-alcohol motifs (C(OH)–C–C–N with tert-alkyl or cyclic N) is 1. The molecular formula is C18H26N2O3. The molecule has 2 unspecified atom stereocenters. The van der Waals surface area contributed by atoms with Crippen LogP contribution < -0.4 is 5.32 Å². The van der Waals surface area contributed by atoms with Gasteiger partial charge in [-0.2, -0.15) is 0 Å². The molecular weight excluding hydrogens is 292 g/mol. The van der Waals surface area contributed by atoms with Crippen LogP contribution in [0, 0.1) is 0 Å². The molecule has 0 aromatic heterocycles. The van der Waals surface area contributed by atoms with E-state index in [1.54, 1.807) is 6.08 Å². The molecule has 0 radical (unpaired) electrons. The third-order valence-electron chi connectivity index (χ3n) is 4.03. The van der Waals surface area contributed by atoms with Crippen molar-refractivity contribution in [1.82, 2.24) is 10.2 Å². The Morgan fingerprint density at radius 2 is 2.04 bits per heavy atom. The first-order valence-corrected chi connectivity index (χ1v) is 8.11. The summed E-state index contributed by atoms with van der Waals surface area (Å²) in [5.74, 6) is -0.0765. The fraction of sp³-hybridized carbons (Fsp3) is 0.500. The molecule has 1 fully saturated rings. The number of allylic oxidation sites excluding steroid dienone is 1. The van der Waals surface area contributed by atoms with Crippen molar-refractivity contribution in [3.8, 4) is 0 Å². The van der Waals surface area contributed by atoms with E-state index < -0.39 is 6.10 Å². The summed E-state index contributed by atoms with van der Waals surface area (Å²) in [6.07, 6.45) is 1.58. The van der Waals surface area contributed by atoms with Crippen molar-refractivity contribution in [2.75, 3.05) is 39.4 Å². The van der Waals surface area contributed by atoms with Crippen molar-refractivity contribution >= 4 is 5.91 Å². The van der Waals surface area contributed by atoms with Crippen LogP contribution in [0.3, 0.4) is 0 Å². The van der Waals surface area contributed by atoms with E-state index in [0.717, 1.165) is 18.7 Å². The molecule has 0 aliphatic carbocycles. The Labute approximate surface area is 137 Å². The second kappa shape index (κ2) is 9.45. The van der Waals surface area contributed by atoms with Crippen LogP contribution in [0.5, 0.6) is 0 Å². The highest BCUT2D eigenvalue weighted by Crippen LogP contribution is 2.20. The minimum Gasteiger partial charge on any atom is -0.390 e. The Hall–Kier alpha value is -1.69. The Balaban J connectivity index is 1.72. The van der Waals surface area contributed by atoms with Gasteiger partial charge in [0, 0.05) is 38.5 Å². The average molecular weight is 318 g/mol. The number of ether oxygens (including phenoxy) is 1. The zero-order valence-electron chi connectivity index (χ0n) is 13.5. The largest absolute Gasteiger partial charge is 0.390 e. The molecule has 1 aromatic rings. The second-order valence-electron chi connectivity index (χ2n) is 5.83. The molecule has 1 aliphatic heterocycles. The van der Waals surface area contributed by atoms with Gasteiger partial charge in [-0.1, -0.05) is 36.4 Å². The smallest absolute Gasteiger partial charge is 0.221 e. The van der Waals surface area contributed by atoms with Crippen molar-refractivity contribution in [2.24, 2.45) is 0 Å². The second-order valence-corrected chi connectivity index (χ2v) is 5.83. The van der Waals surface area contributed by atoms with Gasteiger partial charge >= 0.3 is 0 Å². The highest BCUT2D eigenvalue weighted by molar-refractivity contribution is 5.77. The number of aliphatic hydroxyl groups excluding tert-OH is 1. The number of rotatable bonds is 8. The number of morpholine rings is 1. The molecule has 0 saturated carbocycles. The van der Waals surface area contributed by atoms with Gasteiger partial charge in [0.1, 0.15) is 0 Å².